The van der Waals surface area contributed by atoms with Gasteiger partial charge in [0.2, 0.25) is 15.9 Å². The van der Waals surface area contributed by atoms with Gasteiger partial charge < -0.3 is 15.8 Å². The normalized spacial score (nSPS) is 23.9. The van der Waals surface area contributed by atoms with Gasteiger partial charge in [-0.2, -0.15) is 4.31 Å². The van der Waals surface area contributed by atoms with Gasteiger partial charge >= 0.3 is 0 Å². The molecule has 2 atom stereocenters. The van der Waals surface area contributed by atoms with Crippen LogP contribution in [0, 0.1) is 16.0 Å². The Hall–Kier alpha value is -2.24. The fourth-order valence-electron chi connectivity index (χ4n) is 3.73. The number of nitro groups is 1. The number of nitrogens with one attached hydrogen (secondary N) is 1. The summed E-state index contributed by atoms with van der Waals surface area (Å²) in [5.74, 6) is -0.848. The predicted molar refractivity (Wildman–Crippen MR) is 101 cm³/mol. The Balaban J connectivity index is 1.98. The topological polar surface area (TPSA) is 145 Å². The molecule has 0 aromatic heterocycles. The van der Waals surface area contributed by atoms with E-state index in [-0.39, 0.29) is 48.6 Å². The number of benzene rings is 1. The second-order valence-corrected chi connectivity index (χ2v) is 8.90. The average molecular weight is 412 g/mol. The quantitative estimate of drug-likeness (QED) is 0.525. The van der Waals surface area contributed by atoms with Crippen LogP contribution in [0.2, 0.25) is 0 Å². The molecule has 2 fully saturated rings. The minimum Gasteiger partial charge on any atom is -0.380 e. The number of rotatable bonds is 6. The lowest BCUT2D eigenvalue weighted by atomic mass is 9.84. The number of nitro benzene ring substituents is 1. The molecule has 1 aliphatic heterocycles. The van der Waals surface area contributed by atoms with Gasteiger partial charge in [0.15, 0.2) is 0 Å². The Morgan fingerprint density at radius 1 is 1.25 bits per heavy atom. The van der Waals surface area contributed by atoms with Gasteiger partial charge in [-0.1, -0.05) is 12.8 Å². The van der Waals surface area contributed by atoms with Gasteiger partial charge in [-0.15, -0.1) is 0 Å². The molecular formula is C17H24N4O6S. The molecule has 1 saturated carbocycles. The van der Waals surface area contributed by atoms with Crippen molar-refractivity contribution in [1.29, 1.82) is 0 Å². The highest BCUT2D eigenvalue weighted by molar-refractivity contribution is 7.89. The zero-order chi connectivity index (χ0) is 20.3. The zero-order valence-corrected chi connectivity index (χ0v) is 16.2. The van der Waals surface area contributed by atoms with E-state index >= 15 is 0 Å². The molecule has 0 unspecified atom stereocenters. The summed E-state index contributed by atoms with van der Waals surface area (Å²) in [7, 11) is -3.97. The maximum absolute atomic E-state index is 13.2. The first-order valence-corrected chi connectivity index (χ1v) is 10.7. The van der Waals surface area contributed by atoms with Crippen molar-refractivity contribution in [2.24, 2.45) is 11.7 Å². The average Bonchev–Trinajstić information content (AvgIpc) is 2.69. The van der Waals surface area contributed by atoms with Crippen LogP contribution in [0.15, 0.2) is 23.1 Å². The molecule has 0 radical (unpaired) electrons. The third-order valence-corrected chi connectivity index (χ3v) is 7.17. The van der Waals surface area contributed by atoms with Crippen LogP contribution in [-0.2, 0) is 19.6 Å². The number of carbonyl (C=O) groups is 1. The second-order valence-electron chi connectivity index (χ2n) is 7.00. The van der Waals surface area contributed by atoms with Crippen LogP contribution in [0.1, 0.15) is 25.7 Å². The highest BCUT2D eigenvalue weighted by atomic mass is 32.2. The van der Waals surface area contributed by atoms with E-state index < -0.39 is 26.8 Å². The molecule has 3 rings (SSSR count). The minimum atomic E-state index is -3.97. The lowest BCUT2D eigenvalue weighted by molar-refractivity contribution is -0.385. The number of morpholine rings is 1. The molecular weight excluding hydrogens is 388 g/mol. The lowest BCUT2D eigenvalue weighted by Crippen LogP contribution is -2.42. The Morgan fingerprint density at radius 3 is 2.57 bits per heavy atom. The smallest absolute Gasteiger partial charge is 0.270 e. The highest BCUT2D eigenvalue weighted by Gasteiger charge is 2.34. The van der Waals surface area contributed by atoms with Crippen molar-refractivity contribution in [3.63, 3.8) is 0 Å². The van der Waals surface area contributed by atoms with Gasteiger partial charge in [-0.05, 0) is 18.9 Å². The molecule has 10 nitrogen and oxygen atoms in total. The Bertz CT molecular complexity index is 853. The summed E-state index contributed by atoms with van der Waals surface area (Å²) >= 11 is 0. The summed E-state index contributed by atoms with van der Waals surface area (Å²) in [6.07, 6.45) is 3.07. The lowest BCUT2D eigenvalue weighted by Gasteiger charge is -2.32. The molecule has 0 spiro atoms. The number of nitrogens with zero attached hydrogens (tertiary/aromatic N) is 2. The van der Waals surface area contributed by atoms with Crippen molar-refractivity contribution in [3.8, 4) is 0 Å². The number of primary amides is 1. The van der Waals surface area contributed by atoms with E-state index in [0.29, 0.717) is 12.8 Å². The van der Waals surface area contributed by atoms with E-state index in [9.17, 15) is 23.3 Å². The SMILES string of the molecule is NC(=O)[C@@H]1CCCC[C@H]1Nc1ccc([N+](=O)[O-])cc1S(=O)(=O)N1CCOCC1. The van der Waals surface area contributed by atoms with E-state index in [2.05, 4.69) is 5.32 Å². The summed E-state index contributed by atoms with van der Waals surface area (Å²) in [5, 5.41) is 14.3. The van der Waals surface area contributed by atoms with Crippen LogP contribution >= 0.6 is 0 Å². The van der Waals surface area contributed by atoms with Gasteiger partial charge in [-0.25, -0.2) is 8.42 Å². The van der Waals surface area contributed by atoms with Gasteiger partial charge in [0.1, 0.15) is 4.90 Å². The Morgan fingerprint density at radius 2 is 1.93 bits per heavy atom. The summed E-state index contributed by atoms with van der Waals surface area (Å²) in [5.41, 5.74) is 5.44. The molecule has 1 saturated heterocycles. The third kappa shape index (κ3) is 4.26. The van der Waals surface area contributed by atoms with Gasteiger partial charge in [0.05, 0.1) is 29.7 Å². The number of carbonyl (C=O) groups excluding carboxylic acids is 1. The number of non-ortho nitro benzene ring substituents is 1. The number of hydrogen-bond donors (Lipinski definition) is 2. The summed E-state index contributed by atoms with van der Waals surface area (Å²) in [6.45, 7) is 0.891. The first-order chi connectivity index (χ1) is 13.3. The number of sulfonamides is 1. The van der Waals surface area contributed by atoms with Gasteiger partial charge in [0.25, 0.3) is 5.69 Å². The molecule has 0 bridgehead atoms. The maximum Gasteiger partial charge on any atom is 0.270 e. The molecule has 28 heavy (non-hydrogen) atoms. The highest BCUT2D eigenvalue weighted by Crippen LogP contribution is 2.33. The van der Waals surface area contributed by atoms with Crippen LogP contribution in [0.25, 0.3) is 0 Å². The van der Waals surface area contributed by atoms with E-state index in [1.807, 2.05) is 0 Å². The summed E-state index contributed by atoms with van der Waals surface area (Å²) < 4.78 is 32.8. The monoisotopic (exact) mass is 412 g/mol. The molecule has 154 valence electrons. The van der Waals surface area contributed by atoms with Crippen LogP contribution in [0.3, 0.4) is 0 Å². The van der Waals surface area contributed by atoms with Crippen molar-refractivity contribution in [1.82, 2.24) is 4.31 Å². The van der Waals surface area contributed by atoms with Crippen LogP contribution in [0.4, 0.5) is 11.4 Å². The van der Waals surface area contributed by atoms with Crippen molar-refractivity contribution in [2.75, 3.05) is 31.6 Å². The molecule has 1 aromatic rings. The number of amides is 1. The van der Waals surface area contributed by atoms with Crippen molar-refractivity contribution < 1.29 is 22.9 Å². The molecule has 1 aromatic carbocycles. The first kappa shape index (κ1) is 20.5. The van der Waals surface area contributed by atoms with E-state index in [1.54, 1.807) is 0 Å². The summed E-state index contributed by atoms with van der Waals surface area (Å²) in [4.78, 5) is 22.2. The van der Waals surface area contributed by atoms with Crippen LogP contribution < -0.4 is 11.1 Å². The molecule has 11 heteroatoms. The fraction of sp³-hybridized carbons (Fsp3) is 0.588. The third-order valence-electron chi connectivity index (χ3n) is 5.24. The fourth-order valence-corrected chi connectivity index (χ4v) is 5.31. The number of anilines is 1. The Kier molecular flexibility index (Phi) is 6.16. The number of hydrogen-bond acceptors (Lipinski definition) is 7. The van der Waals surface area contributed by atoms with E-state index in [1.165, 1.54) is 16.4 Å². The molecule has 1 amide bonds. The van der Waals surface area contributed by atoms with Gasteiger partial charge in [0, 0.05) is 31.3 Å². The second kappa shape index (κ2) is 8.41. The predicted octanol–water partition coefficient (Wildman–Crippen LogP) is 1.07. The van der Waals surface area contributed by atoms with Crippen molar-refractivity contribution in [3.05, 3.63) is 28.3 Å². The number of nitrogens with two attached hydrogens (primary N) is 1. The molecule has 1 heterocycles. The molecule has 2 aliphatic rings. The maximum atomic E-state index is 13.2. The largest absolute Gasteiger partial charge is 0.380 e. The van der Waals surface area contributed by atoms with Gasteiger partial charge in [-0.3, -0.25) is 14.9 Å². The zero-order valence-electron chi connectivity index (χ0n) is 15.4. The minimum absolute atomic E-state index is 0.169. The van der Waals surface area contributed by atoms with Crippen LogP contribution in [0.5, 0.6) is 0 Å². The van der Waals surface area contributed by atoms with Crippen molar-refractivity contribution in [2.45, 2.75) is 36.6 Å². The molecule has 3 N–H and O–H groups in total. The standard InChI is InChI=1S/C17H24N4O6S/c18-17(22)13-3-1-2-4-14(13)19-15-6-5-12(21(23)24)11-16(15)28(25,26)20-7-9-27-10-8-20/h5-6,11,13-14,19H,1-4,7-10H2,(H2,18,22)/t13-,14-/m1/s1. The van der Waals surface area contributed by atoms with Crippen LogP contribution in [-0.4, -0.2) is 55.9 Å². The van der Waals surface area contributed by atoms with E-state index in [0.717, 1.165) is 18.9 Å². The summed E-state index contributed by atoms with van der Waals surface area (Å²) in [6, 6.07) is 3.39. The van der Waals surface area contributed by atoms with Crippen molar-refractivity contribution >= 4 is 27.3 Å². The molecule has 1 aliphatic carbocycles. The number of ether oxygens (including phenoxy) is 1. The first-order valence-electron chi connectivity index (χ1n) is 9.23. The Labute approximate surface area is 163 Å². The van der Waals surface area contributed by atoms with E-state index in [4.69, 9.17) is 10.5 Å².